The molecule has 2 aromatic rings. The zero-order chi connectivity index (χ0) is 14.8. The highest BCUT2D eigenvalue weighted by Crippen LogP contribution is 2.23. The topological polar surface area (TPSA) is 31.4 Å². The van der Waals surface area contributed by atoms with Crippen LogP contribution < -0.4 is 4.74 Å². The molecule has 3 nitrogen and oxygen atoms in total. The Kier molecular flexibility index (Phi) is 7.36. The lowest BCUT2D eigenvalue weighted by atomic mass is 10.1. The second kappa shape index (κ2) is 9.10. The molecule has 0 bridgehead atoms. The summed E-state index contributed by atoms with van der Waals surface area (Å²) >= 11 is 0. The number of benzene rings is 1. The first kappa shape index (κ1) is 16.2. The van der Waals surface area contributed by atoms with E-state index in [2.05, 4.69) is 4.98 Å². The second-order valence-corrected chi connectivity index (χ2v) is 4.02. The van der Waals surface area contributed by atoms with Crippen LogP contribution in [0, 0.1) is 6.92 Å². The van der Waals surface area contributed by atoms with Gasteiger partial charge in [0, 0.05) is 18.7 Å². The normalized spacial score (nSPS) is 9.60. The van der Waals surface area contributed by atoms with Crippen molar-refractivity contribution in [3.63, 3.8) is 0 Å². The molecule has 0 spiro atoms. The first-order chi connectivity index (χ1) is 9.81. The molecule has 0 amide bonds. The third-order valence-corrected chi connectivity index (χ3v) is 2.66. The van der Waals surface area contributed by atoms with E-state index in [0.717, 1.165) is 16.8 Å². The van der Waals surface area contributed by atoms with E-state index in [9.17, 15) is 0 Å². The lowest BCUT2D eigenvalue weighted by molar-refractivity contribution is 0.144. The average Bonchev–Trinajstić information content (AvgIpc) is 2.52. The third-order valence-electron chi connectivity index (χ3n) is 2.66. The Morgan fingerprint density at radius 1 is 0.950 bits per heavy atom. The molecule has 0 saturated heterocycles. The summed E-state index contributed by atoms with van der Waals surface area (Å²) < 4.78 is 10.5. The van der Waals surface area contributed by atoms with E-state index in [1.54, 1.807) is 7.11 Å². The van der Waals surface area contributed by atoms with E-state index in [4.69, 9.17) is 9.47 Å². The highest BCUT2D eigenvalue weighted by molar-refractivity contribution is 5.63. The zero-order valence-corrected chi connectivity index (χ0v) is 12.7. The van der Waals surface area contributed by atoms with Crippen molar-refractivity contribution < 1.29 is 9.47 Å². The van der Waals surface area contributed by atoms with Crippen molar-refractivity contribution in [3.05, 3.63) is 48.0 Å². The van der Waals surface area contributed by atoms with Crippen LogP contribution in [0.2, 0.25) is 0 Å². The van der Waals surface area contributed by atoms with Gasteiger partial charge in [-0.15, -0.1) is 0 Å². The van der Waals surface area contributed by atoms with Gasteiger partial charge in [-0.25, -0.2) is 4.98 Å². The molecule has 0 atom stereocenters. The van der Waals surface area contributed by atoms with Crippen LogP contribution >= 0.6 is 0 Å². The van der Waals surface area contributed by atoms with Crippen LogP contribution in [0.1, 0.15) is 19.4 Å². The van der Waals surface area contributed by atoms with Gasteiger partial charge in [0.25, 0.3) is 0 Å². The third kappa shape index (κ3) is 4.67. The number of rotatable bonds is 5. The quantitative estimate of drug-likeness (QED) is 0.768. The van der Waals surface area contributed by atoms with Crippen LogP contribution in [0.3, 0.4) is 0 Å². The predicted molar refractivity (Wildman–Crippen MR) is 83.1 cm³/mol. The van der Waals surface area contributed by atoms with Gasteiger partial charge in [0.1, 0.15) is 6.61 Å². The maximum atomic E-state index is 5.53. The summed E-state index contributed by atoms with van der Waals surface area (Å²) in [5.41, 5.74) is 3.21. The SMILES string of the molecule is CC.COCCOc1ccc(C)c(-c2ccccc2)n1. The van der Waals surface area contributed by atoms with Gasteiger partial charge in [-0.1, -0.05) is 50.2 Å². The fourth-order valence-electron chi connectivity index (χ4n) is 1.71. The van der Waals surface area contributed by atoms with Crippen LogP contribution in [-0.4, -0.2) is 25.3 Å². The zero-order valence-electron chi connectivity index (χ0n) is 12.7. The van der Waals surface area contributed by atoms with Gasteiger partial charge in [0.05, 0.1) is 12.3 Å². The molecule has 108 valence electrons. The summed E-state index contributed by atoms with van der Waals surface area (Å²) in [5, 5.41) is 0. The Morgan fingerprint density at radius 2 is 1.65 bits per heavy atom. The number of nitrogens with zero attached hydrogens (tertiary/aromatic N) is 1. The van der Waals surface area contributed by atoms with Crippen LogP contribution in [0.4, 0.5) is 0 Å². The summed E-state index contributed by atoms with van der Waals surface area (Å²) in [4.78, 5) is 4.54. The maximum absolute atomic E-state index is 5.53. The van der Waals surface area contributed by atoms with Crippen molar-refractivity contribution in [2.45, 2.75) is 20.8 Å². The summed E-state index contributed by atoms with van der Waals surface area (Å²) in [7, 11) is 1.65. The van der Waals surface area contributed by atoms with Gasteiger partial charge in [-0.2, -0.15) is 0 Å². The Balaban J connectivity index is 0.000000956. The van der Waals surface area contributed by atoms with E-state index in [1.165, 1.54) is 0 Å². The number of hydrogen-bond donors (Lipinski definition) is 0. The first-order valence-electron chi connectivity index (χ1n) is 6.96. The number of aromatic nitrogens is 1. The van der Waals surface area contributed by atoms with Crippen LogP contribution in [-0.2, 0) is 4.74 Å². The molecule has 1 aromatic heterocycles. The molecule has 0 aliphatic carbocycles. The highest BCUT2D eigenvalue weighted by atomic mass is 16.5. The lowest BCUT2D eigenvalue weighted by Crippen LogP contribution is -2.05. The molecular weight excluding hydrogens is 250 g/mol. The second-order valence-electron chi connectivity index (χ2n) is 4.02. The maximum Gasteiger partial charge on any atom is 0.213 e. The number of aryl methyl sites for hydroxylation is 1. The molecule has 1 heterocycles. The van der Waals surface area contributed by atoms with Gasteiger partial charge in [0.2, 0.25) is 5.88 Å². The molecule has 0 fully saturated rings. The molecule has 0 saturated carbocycles. The van der Waals surface area contributed by atoms with Crippen molar-refractivity contribution in [3.8, 4) is 17.1 Å². The van der Waals surface area contributed by atoms with Gasteiger partial charge in [-0.3, -0.25) is 0 Å². The Hall–Kier alpha value is -1.87. The average molecular weight is 273 g/mol. The fraction of sp³-hybridized carbons (Fsp3) is 0.353. The first-order valence-corrected chi connectivity index (χ1v) is 6.96. The summed E-state index contributed by atoms with van der Waals surface area (Å²) in [5.74, 6) is 0.636. The van der Waals surface area contributed by atoms with Crippen molar-refractivity contribution in [2.24, 2.45) is 0 Å². The molecule has 0 radical (unpaired) electrons. The van der Waals surface area contributed by atoms with Crippen molar-refractivity contribution >= 4 is 0 Å². The van der Waals surface area contributed by atoms with Gasteiger partial charge < -0.3 is 9.47 Å². The Bertz CT molecular complexity index is 498. The van der Waals surface area contributed by atoms with Crippen LogP contribution in [0.15, 0.2) is 42.5 Å². The Morgan fingerprint density at radius 3 is 2.30 bits per heavy atom. The molecule has 1 aromatic carbocycles. The number of hydrogen-bond acceptors (Lipinski definition) is 3. The van der Waals surface area contributed by atoms with E-state index >= 15 is 0 Å². The minimum atomic E-state index is 0.515. The minimum absolute atomic E-state index is 0.515. The Labute approximate surface area is 121 Å². The van der Waals surface area contributed by atoms with E-state index in [0.29, 0.717) is 19.1 Å². The van der Waals surface area contributed by atoms with Crippen molar-refractivity contribution in [1.29, 1.82) is 0 Å². The minimum Gasteiger partial charge on any atom is -0.475 e. The number of methoxy groups -OCH3 is 1. The molecule has 3 heteroatoms. The monoisotopic (exact) mass is 273 g/mol. The molecule has 2 rings (SSSR count). The van der Waals surface area contributed by atoms with E-state index < -0.39 is 0 Å². The molecule has 0 aliphatic rings. The fourth-order valence-corrected chi connectivity index (χ4v) is 1.71. The largest absolute Gasteiger partial charge is 0.475 e. The number of ether oxygens (including phenoxy) is 2. The van der Waals surface area contributed by atoms with Gasteiger partial charge in [0.15, 0.2) is 0 Å². The molecule has 0 N–H and O–H groups in total. The standard InChI is InChI=1S/C15H17NO2.C2H6/c1-12-8-9-14(18-11-10-17-2)16-15(12)13-6-4-3-5-7-13;1-2/h3-9H,10-11H2,1-2H3;1-2H3. The summed E-state index contributed by atoms with van der Waals surface area (Å²) in [6, 6.07) is 14.0. The smallest absolute Gasteiger partial charge is 0.213 e. The van der Waals surface area contributed by atoms with Crippen LogP contribution in [0.25, 0.3) is 11.3 Å². The molecular formula is C17H23NO2. The number of pyridine rings is 1. The summed E-state index contributed by atoms with van der Waals surface area (Å²) in [6.07, 6.45) is 0. The van der Waals surface area contributed by atoms with Crippen molar-refractivity contribution in [2.75, 3.05) is 20.3 Å². The predicted octanol–water partition coefficient (Wildman–Crippen LogP) is 4.11. The van der Waals surface area contributed by atoms with Gasteiger partial charge >= 0.3 is 0 Å². The summed E-state index contributed by atoms with van der Waals surface area (Å²) in [6.45, 7) is 7.13. The molecule has 20 heavy (non-hydrogen) atoms. The lowest BCUT2D eigenvalue weighted by Gasteiger charge is -2.09. The molecule has 0 unspecified atom stereocenters. The highest BCUT2D eigenvalue weighted by Gasteiger charge is 2.05. The van der Waals surface area contributed by atoms with E-state index in [1.807, 2.05) is 63.2 Å². The van der Waals surface area contributed by atoms with Gasteiger partial charge in [-0.05, 0) is 12.5 Å². The van der Waals surface area contributed by atoms with E-state index in [-0.39, 0.29) is 0 Å². The van der Waals surface area contributed by atoms with Crippen LogP contribution in [0.5, 0.6) is 5.88 Å². The van der Waals surface area contributed by atoms with Crippen molar-refractivity contribution in [1.82, 2.24) is 4.98 Å². The molecule has 0 aliphatic heterocycles.